The first-order valence-electron chi connectivity index (χ1n) is 8.54. The van der Waals surface area contributed by atoms with Crippen molar-refractivity contribution < 1.29 is 23.5 Å². The van der Waals surface area contributed by atoms with Crippen molar-refractivity contribution in [1.82, 2.24) is 15.1 Å². The minimum atomic E-state index is -1.25. The van der Waals surface area contributed by atoms with Gasteiger partial charge in [-0.05, 0) is 50.7 Å². The Bertz CT molecular complexity index is 919. The van der Waals surface area contributed by atoms with E-state index in [9.17, 15) is 23.5 Å². The molecular weight excluding hydrogens is 344 g/mol. The van der Waals surface area contributed by atoms with Crippen LogP contribution in [0.5, 0.6) is 0 Å². The number of carboxylic acid groups (broad SMARTS) is 1. The third-order valence-corrected chi connectivity index (χ3v) is 5.27. The zero-order valence-corrected chi connectivity index (χ0v) is 13.9. The number of rotatable bonds is 4. The average Bonchev–Trinajstić information content (AvgIpc) is 3.15. The lowest BCUT2D eigenvalue weighted by atomic mass is 9.76. The third-order valence-electron chi connectivity index (χ3n) is 5.27. The number of nitrogens with one attached hydrogen (secondary N) is 1. The summed E-state index contributed by atoms with van der Waals surface area (Å²) < 4.78 is 29.0. The summed E-state index contributed by atoms with van der Waals surface area (Å²) >= 11 is 0. The molecule has 2 N–H and O–H groups in total. The second-order valence-corrected chi connectivity index (χ2v) is 6.81. The predicted molar refractivity (Wildman–Crippen MR) is 87.2 cm³/mol. The number of hydrogen-bond donors (Lipinski definition) is 2. The van der Waals surface area contributed by atoms with Crippen molar-refractivity contribution >= 4 is 11.9 Å². The highest BCUT2D eigenvalue weighted by Gasteiger charge is 2.46. The van der Waals surface area contributed by atoms with Crippen LogP contribution in [0.2, 0.25) is 0 Å². The molecule has 1 heterocycles. The lowest BCUT2D eigenvalue weighted by molar-refractivity contribution is -0.148. The minimum absolute atomic E-state index is 0.0567. The van der Waals surface area contributed by atoms with E-state index in [0.717, 1.165) is 18.9 Å². The van der Waals surface area contributed by atoms with Crippen molar-refractivity contribution in [2.45, 2.75) is 44.1 Å². The molecule has 2 aliphatic rings. The van der Waals surface area contributed by atoms with Crippen molar-refractivity contribution in [3.8, 4) is 5.69 Å². The Morgan fingerprint density at radius 2 is 1.96 bits per heavy atom. The lowest BCUT2D eigenvalue weighted by Crippen LogP contribution is -2.59. The summed E-state index contributed by atoms with van der Waals surface area (Å²) in [4.78, 5) is 24.2. The van der Waals surface area contributed by atoms with E-state index in [4.69, 9.17) is 0 Å². The maximum absolute atomic E-state index is 14.2. The van der Waals surface area contributed by atoms with Crippen LogP contribution in [0.4, 0.5) is 8.78 Å². The fourth-order valence-electron chi connectivity index (χ4n) is 3.67. The molecule has 8 heteroatoms. The van der Waals surface area contributed by atoms with Crippen molar-refractivity contribution in [3.63, 3.8) is 0 Å². The van der Waals surface area contributed by atoms with Crippen LogP contribution in [0.3, 0.4) is 0 Å². The van der Waals surface area contributed by atoms with Gasteiger partial charge in [-0.25, -0.2) is 18.3 Å². The van der Waals surface area contributed by atoms with E-state index in [-0.39, 0.29) is 11.4 Å². The number of fused-ring (bicyclic) bond motifs is 1. The normalized spacial score (nSPS) is 17.5. The van der Waals surface area contributed by atoms with E-state index >= 15 is 0 Å². The van der Waals surface area contributed by atoms with Gasteiger partial charge >= 0.3 is 5.97 Å². The highest BCUT2D eigenvalue weighted by atomic mass is 19.2. The predicted octanol–water partition coefficient (Wildman–Crippen LogP) is 2.38. The number of carbonyl (C=O) groups is 2. The molecule has 0 aliphatic heterocycles. The maximum atomic E-state index is 14.2. The number of aromatic nitrogens is 2. The minimum Gasteiger partial charge on any atom is -0.480 e. The number of carbonyl (C=O) groups excluding carboxylic acids is 1. The van der Waals surface area contributed by atoms with Crippen LogP contribution < -0.4 is 5.32 Å². The van der Waals surface area contributed by atoms with Gasteiger partial charge in [0.2, 0.25) is 0 Å². The Morgan fingerprint density at radius 3 is 2.62 bits per heavy atom. The highest BCUT2D eigenvalue weighted by Crippen LogP contribution is 2.34. The SMILES string of the molecule is O=C(NC1(C(=O)O)CCC1)c1nn(-c2cccc(F)c2F)c2c1CCC2. The van der Waals surface area contributed by atoms with Crippen LogP contribution in [0.1, 0.15) is 47.4 Å². The van der Waals surface area contributed by atoms with E-state index in [1.807, 2.05) is 0 Å². The monoisotopic (exact) mass is 361 g/mol. The molecule has 1 fully saturated rings. The van der Waals surface area contributed by atoms with E-state index < -0.39 is 29.0 Å². The number of carboxylic acids is 1. The summed E-state index contributed by atoms with van der Waals surface area (Å²) in [7, 11) is 0. The Labute approximate surface area is 147 Å². The Hall–Kier alpha value is -2.77. The van der Waals surface area contributed by atoms with Gasteiger partial charge in [0.1, 0.15) is 11.2 Å². The van der Waals surface area contributed by atoms with Crippen molar-refractivity contribution in [3.05, 3.63) is 46.8 Å². The van der Waals surface area contributed by atoms with Crippen LogP contribution >= 0.6 is 0 Å². The van der Waals surface area contributed by atoms with Gasteiger partial charge in [-0.3, -0.25) is 4.79 Å². The first-order valence-corrected chi connectivity index (χ1v) is 8.54. The number of hydrogen-bond acceptors (Lipinski definition) is 3. The Kier molecular flexibility index (Phi) is 3.78. The van der Waals surface area contributed by atoms with Gasteiger partial charge in [0.05, 0.1) is 0 Å². The fraction of sp³-hybridized carbons (Fsp3) is 0.389. The second-order valence-electron chi connectivity index (χ2n) is 6.81. The molecule has 0 bridgehead atoms. The van der Waals surface area contributed by atoms with Crippen LogP contribution in [-0.2, 0) is 17.6 Å². The topological polar surface area (TPSA) is 84.2 Å². The van der Waals surface area contributed by atoms with Gasteiger partial charge in [-0.2, -0.15) is 5.10 Å². The number of benzene rings is 1. The van der Waals surface area contributed by atoms with Gasteiger partial charge in [-0.1, -0.05) is 6.07 Å². The zero-order valence-electron chi connectivity index (χ0n) is 13.9. The number of nitrogens with zero attached hydrogens (tertiary/aromatic N) is 2. The first kappa shape index (κ1) is 16.7. The van der Waals surface area contributed by atoms with Crippen LogP contribution in [-0.4, -0.2) is 32.3 Å². The fourth-order valence-corrected chi connectivity index (χ4v) is 3.67. The highest BCUT2D eigenvalue weighted by molar-refractivity contribution is 5.98. The van der Waals surface area contributed by atoms with Gasteiger partial charge < -0.3 is 10.4 Å². The standard InChI is InChI=1S/C18H17F2N3O3/c19-11-5-2-7-13(14(11)20)23-12-6-1-4-10(12)15(22-23)16(24)21-18(17(25)26)8-3-9-18/h2,5,7H,1,3-4,6,8-9H2,(H,21,24)(H,25,26). The Balaban J connectivity index is 1.74. The molecule has 26 heavy (non-hydrogen) atoms. The molecule has 4 rings (SSSR count). The van der Waals surface area contributed by atoms with Gasteiger partial charge in [-0.15, -0.1) is 0 Å². The third kappa shape index (κ3) is 2.40. The zero-order chi connectivity index (χ0) is 18.5. The molecule has 1 aromatic heterocycles. The molecule has 1 amide bonds. The summed E-state index contributed by atoms with van der Waals surface area (Å²) in [6.45, 7) is 0. The number of aliphatic carboxylic acids is 1. The largest absolute Gasteiger partial charge is 0.480 e. The molecule has 0 saturated heterocycles. The molecule has 0 unspecified atom stereocenters. The van der Waals surface area contributed by atoms with Crippen LogP contribution in [0, 0.1) is 11.6 Å². The molecule has 136 valence electrons. The smallest absolute Gasteiger partial charge is 0.329 e. The molecule has 2 aromatic rings. The van der Waals surface area contributed by atoms with E-state index in [1.54, 1.807) is 0 Å². The summed E-state index contributed by atoms with van der Waals surface area (Å²) in [5, 5.41) is 16.2. The van der Waals surface area contributed by atoms with Crippen LogP contribution in [0.25, 0.3) is 5.69 Å². The molecular formula is C18H17F2N3O3. The summed E-state index contributed by atoms with van der Waals surface area (Å²) in [5.74, 6) is -3.67. The summed E-state index contributed by atoms with van der Waals surface area (Å²) in [5.41, 5.74) is 0.118. The van der Waals surface area contributed by atoms with Gasteiger partial charge in [0.25, 0.3) is 5.91 Å². The van der Waals surface area contributed by atoms with Gasteiger partial charge in [0.15, 0.2) is 17.3 Å². The van der Waals surface area contributed by atoms with Crippen molar-refractivity contribution in [1.29, 1.82) is 0 Å². The molecule has 0 atom stereocenters. The quantitative estimate of drug-likeness (QED) is 0.876. The number of amides is 1. The first-order chi connectivity index (χ1) is 12.4. The van der Waals surface area contributed by atoms with E-state index in [1.165, 1.54) is 16.8 Å². The van der Waals surface area contributed by atoms with E-state index in [2.05, 4.69) is 10.4 Å². The van der Waals surface area contributed by atoms with Crippen LogP contribution in [0.15, 0.2) is 18.2 Å². The average molecular weight is 361 g/mol. The molecule has 0 radical (unpaired) electrons. The molecule has 6 nitrogen and oxygen atoms in total. The summed E-state index contributed by atoms with van der Waals surface area (Å²) in [6, 6.07) is 3.80. The molecule has 2 aliphatic carbocycles. The lowest BCUT2D eigenvalue weighted by Gasteiger charge is -2.38. The van der Waals surface area contributed by atoms with Crippen molar-refractivity contribution in [2.75, 3.05) is 0 Å². The maximum Gasteiger partial charge on any atom is 0.329 e. The summed E-state index contributed by atoms with van der Waals surface area (Å²) in [6.07, 6.45) is 3.43. The molecule has 0 spiro atoms. The Morgan fingerprint density at radius 1 is 1.19 bits per heavy atom. The molecule has 1 saturated carbocycles. The second kappa shape index (κ2) is 5.89. The van der Waals surface area contributed by atoms with Crippen molar-refractivity contribution in [2.24, 2.45) is 0 Å². The molecule has 1 aromatic carbocycles. The van der Waals surface area contributed by atoms with Gasteiger partial charge in [0, 0.05) is 11.3 Å². The number of halogens is 2. The van der Waals surface area contributed by atoms with E-state index in [0.29, 0.717) is 36.9 Å².